The van der Waals surface area contributed by atoms with Crippen molar-refractivity contribution < 1.29 is 14.1 Å². The highest BCUT2D eigenvalue weighted by Crippen LogP contribution is 2.37. The zero-order chi connectivity index (χ0) is 19.5. The maximum absolute atomic E-state index is 12.8. The van der Waals surface area contributed by atoms with Crippen molar-refractivity contribution in [3.63, 3.8) is 0 Å². The van der Waals surface area contributed by atoms with Crippen LogP contribution in [0, 0.1) is 0 Å². The predicted octanol–water partition coefficient (Wildman–Crippen LogP) is 3.84. The van der Waals surface area contributed by atoms with Gasteiger partial charge in [0.1, 0.15) is 12.3 Å². The molecule has 1 aromatic heterocycles. The maximum atomic E-state index is 12.8. The molecule has 0 fully saturated rings. The van der Waals surface area contributed by atoms with Gasteiger partial charge >= 0.3 is 6.03 Å². The summed E-state index contributed by atoms with van der Waals surface area (Å²) in [6.07, 6.45) is 2.40. The van der Waals surface area contributed by atoms with E-state index < -0.39 is 0 Å². The minimum Gasteiger partial charge on any atom is -0.493 e. The molecule has 1 aliphatic rings. The molecule has 7 heteroatoms. The molecule has 0 bridgehead atoms. The van der Waals surface area contributed by atoms with Gasteiger partial charge in [-0.05, 0) is 18.2 Å². The van der Waals surface area contributed by atoms with Crippen LogP contribution in [-0.4, -0.2) is 34.7 Å². The summed E-state index contributed by atoms with van der Waals surface area (Å²) in [6, 6.07) is 12.0. The number of aromatic nitrogens is 2. The Balaban J connectivity index is 1.53. The number of carbonyl (C=O) groups is 1. The van der Waals surface area contributed by atoms with E-state index in [2.05, 4.69) is 39.7 Å². The molecular formula is C21H24N4O3. The molecule has 1 N–H and O–H groups in total. The summed E-state index contributed by atoms with van der Waals surface area (Å²) in [5.74, 6) is 1.95. The van der Waals surface area contributed by atoms with Crippen LogP contribution in [0.3, 0.4) is 0 Å². The molecule has 4 rings (SSSR count). The van der Waals surface area contributed by atoms with Gasteiger partial charge in [0.15, 0.2) is 5.82 Å². The lowest BCUT2D eigenvalue weighted by atomic mass is 9.98. The zero-order valence-electron chi connectivity index (χ0n) is 16.1. The Kier molecular flexibility index (Phi) is 5.14. The minimum atomic E-state index is -0.178. The van der Waals surface area contributed by atoms with Crippen molar-refractivity contribution in [2.24, 2.45) is 0 Å². The summed E-state index contributed by atoms with van der Waals surface area (Å²) in [5.41, 5.74) is 1.02. The van der Waals surface area contributed by atoms with Gasteiger partial charge < -0.3 is 19.5 Å². The molecule has 1 aliphatic heterocycles. The molecule has 2 aromatic carbocycles. The number of hydrogen-bond acceptors (Lipinski definition) is 5. The Morgan fingerprint density at radius 3 is 2.96 bits per heavy atom. The first-order valence-corrected chi connectivity index (χ1v) is 9.63. The number of nitrogens with one attached hydrogen (secondary N) is 1. The van der Waals surface area contributed by atoms with Gasteiger partial charge in [-0.3, -0.25) is 0 Å². The molecule has 7 nitrogen and oxygen atoms in total. The highest BCUT2D eigenvalue weighted by atomic mass is 16.5. The first kappa shape index (κ1) is 18.3. The lowest BCUT2D eigenvalue weighted by Gasteiger charge is -2.23. The number of nitrogens with zero attached hydrogens (tertiary/aromatic N) is 3. The van der Waals surface area contributed by atoms with Crippen LogP contribution >= 0.6 is 0 Å². The van der Waals surface area contributed by atoms with E-state index in [0.717, 1.165) is 34.9 Å². The van der Waals surface area contributed by atoms with Crippen LogP contribution in [0.2, 0.25) is 0 Å². The van der Waals surface area contributed by atoms with Crippen LogP contribution < -0.4 is 10.1 Å². The first-order chi connectivity index (χ1) is 13.7. The largest absolute Gasteiger partial charge is 0.493 e. The summed E-state index contributed by atoms with van der Waals surface area (Å²) in [7, 11) is 1.72. The Bertz CT molecular complexity index is 985. The molecule has 0 unspecified atom stereocenters. The van der Waals surface area contributed by atoms with Gasteiger partial charge in [0, 0.05) is 24.4 Å². The Morgan fingerprint density at radius 1 is 1.29 bits per heavy atom. The number of hydrogen-bond donors (Lipinski definition) is 1. The van der Waals surface area contributed by atoms with Gasteiger partial charge in [0.05, 0.1) is 12.6 Å². The van der Waals surface area contributed by atoms with E-state index in [9.17, 15) is 4.79 Å². The fourth-order valence-electron chi connectivity index (χ4n) is 3.49. The number of benzene rings is 2. The lowest BCUT2D eigenvalue weighted by molar-refractivity contribution is 0.195. The van der Waals surface area contributed by atoms with Crippen molar-refractivity contribution in [3.8, 4) is 5.75 Å². The SMILES string of the molecule is CCc1noc(CN(C)C(=O)N[C@H]2CCCOc3c2ccc2ccccc32)n1. The van der Waals surface area contributed by atoms with Crippen LogP contribution in [0.15, 0.2) is 40.9 Å². The van der Waals surface area contributed by atoms with Gasteiger partial charge in [0.2, 0.25) is 5.89 Å². The lowest BCUT2D eigenvalue weighted by Crippen LogP contribution is -2.39. The third-order valence-corrected chi connectivity index (χ3v) is 5.01. The molecule has 28 heavy (non-hydrogen) atoms. The van der Waals surface area contributed by atoms with Crippen molar-refractivity contribution >= 4 is 16.8 Å². The Hall–Kier alpha value is -3.09. The number of amides is 2. The van der Waals surface area contributed by atoms with E-state index in [4.69, 9.17) is 9.26 Å². The smallest absolute Gasteiger partial charge is 0.318 e. The molecule has 0 spiro atoms. The van der Waals surface area contributed by atoms with Gasteiger partial charge in [-0.15, -0.1) is 0 Å². The van der Waals surface area contributed by atoms with Crippen molar-refractivity contribution in [1.82, 2.24) is 20.4 Å². The van der Waals surface area contributed by atoms with Crippen LogP contribution in [0.1, 0.15) is 43.1 Å². The molecule has 0 saturated carbocycles. The molecule has 2 amide bonds. The highest BCUT2D eigenvalue weighted by molar-refractivity contribution is 5.90. The third kappa shape index (κ3) is 3.65. The summed E-state index contributed by atoms with van der Waals surface area (Å²) < 4.78 is 11.2. The number of urea groups is 1. The van der Waals surface area contributed by atoms with Crippen molar-refractivity contribution in [3.05, 3.63) is 53.7 Å². The summed E-state index contributed by atoms with van der Waals surface area (Å²) >= 11 is 0. The van der Waals surface area contributed by atoms with E-state index in [0.29, 0.717) is 24.7 Å². The Morgan fingerprint density at radius 2 is 2.14 bits per heavy atom. The number of fused-ring (bicyclic) bond motifs is 3. The molecule has 0 saturated heterocycles. The predicted molar refractivity (Wildman–Crippen MR) is 105 cm³/mol. The maximum Gasteiger partial charge on any atom is 0.318 e. The second-order valence-electron chi connectivity index (χ2n) is 7.01. The minimum absolute atomic E-state index is 0.106. The van der Waals surface area contributed by atoms with Crippen LogP contribution in [0.25, 0.3) is 10.8 Å². The topological polar surface area (TPSA) is 80.5 Å². The molecule has 1 atom stereocenters. The summed E-state index contributed by atoms with van der Waals surface area (Å²) in [5, 5.41) is 9.22. The molecule has 3 aromatic rings. The third-order valence-electron chi connectivity index (χ3n) is 5.01. The van der Waals surface area contributed by atoms with Gasteiger partial charge in [-0.2, -0.15) is 4.98 Å². The zero-order valence-corrected chi connectivity index (χ0v) is 16.1. The van der Waals surface area contributed by atoms with Crippen LogP contribution in [0.5, 0.6) is 5.75 Å². The highest BCUT2D eigenvalue weighted by Gasteiger charge is 2.24. The first-order valence-electron chi connectivity index (χ1n) is 9.63. The number of rotatable bonds is 4. The van der Waals surface area contributed by atoms with E-state index in [1.54, 1.807) is 11.9 Å². The quantitative estimate of drug-likeness (QED) is 0.744. The number of ether oxygens (including phenoxy) is 1. The van der Waals surface area contributed by atoms with E-state index in [1.165, 1.54) is 0 Å². The molecule has 0 aliphatic carbocycles. The van der Waals surface area contributed by atoms with Gasteiger partial charge in [0.25, 0.3) is 0 Å². The molecule has 2 heterocycles. The molecule has 0 radical (unpaired) electrons. The Labute approximate surface area is 163 Å². The van der Waals surface area contributed by atoms with E-state index in [-0.39, 0.29) is 18.6 Å². The summed E-state index contributed by atoms with van der Waals surface area (Å²) in [4.78, 5) is 18.6. The standard InChI is InChI=1S/C21H24N4O3/c1-3-18-23-19(28-24-18)13-25(2)21(26)22-17-9-6-12-27-20-15-8-5-4-7-14(15)10-11-16(17)20/h4-5,7-8,10-11,17H,3,6,9,12-13H2,1-2H3,(H,22,26)/t17-/m0/s1. The van der Waals surface area contributed by atoms with E-state index >= 15 is 0 Å². The normalized spacial score (nSPS) is 16.1. The number of carbonyl (C=O) groups excluding carboxylic acids is 1. The molecular weight excluding hydrogens is 356 g/mol. The second-order valence-corrected chi connectivity index (χ2v) is 7.01. The summed E-state index contributed by atoms with van der Waals surface area (Å²) in [6.45, 7) is 2.87. The fourth-order valence-corrected chi connectivity index (χ4v) is 3.49. The fraction of sp³-hybridized carbons (Fsp3) is 0.381. The average molecular weight is 380 g/mol. The van der Waals surface area contributed by atoms with Crippen molar-refractivity contribution in [2.45, 2.75) is 38.8 Å². The molecule has 146 valence electrons. The van der Waals surface area contributed by atoms with Crippen LogP contribution in [-0.2, 0) is 13.0 Å². The van der Waals surface area contributed by atoms with Crippen LogP contribution in [0.4, 0.5) is 4.79 Å². The van der Waals surface area contributed by atoms with Gasteiger partial charge in [-0.25, -0.2) is 4.79 Å². The van der Waals surface area contributed by atoms with E-state index in [1.807, 2.05) is 19.1 Å². The van der Waals surface area contributed by atoms with Crippen molar-refractivity contribution in [1.29, 1.82) is 0 Å². The van der Waals surface area contributed by atoms with Crippen molar-refractivity contribution in [2.75, 3.05) is 13.7 Å². The monoisotopic (exact) mass is 380 g/mol. The van der Waals surface area contributed by atoms with Gasteiger partial charge in [-0.1, -0.05) is 48.5 Å². The second kappa shape index (κ2) is 7.88. The average Bonchev–Trinajstić information content (AvgIpc) is 3.07. The number of aryl methyl sites for hydroxylation is 1.